The number of fused-ring (bicyclic) bond motifs is 6. The fraction of sp³-hybridized carbons (Fsp3) is 0.211. The van der Waals surface area contributed by atoms with E-state index >= 15 is 0 Å². The number of carbonyl (C=O) groups excluding carboxylic acids is 3. The van der Waals surface area contributed by atoms with Crippen LogP contribution in [0.25, 0.3) is 11.3 Å². The maximum absolute atomic E-state index is 12.8. The van der Waals surface area contributed by atoms with Gasteiger partial charge in [-0.05, 0) is 23.3 Å². The number of urea groups is 1. The molecule has 1 aromatic heterocycles. The molecule has 0 atom stereocenters. The predicted octanol–water partition coefficient (Wildman–Crippen LogP) is 1.01. The van der Waals surface area contributed by atoms with Gasteiger partial charge in [-0.2, -0.15) is 0 Å². The Balaban J connectivity index is 1.62. The van der Waals surface area contributed by atoms with Crippen molar-refractivity contribution in [2.45, 2.75) is 19.3 Å². The van der Waals surface area contributed by atoms with Gasteiger partial charge in [-0.15, -0.1) is 15.4 Å². The molecule has 0 saturated heterocycles. The second kappa shape index (κ2) is 8.07. The van der Waals surface area contributed by atoms with E-state index in [9.17, 15) is 14.4 Å². The molecule has 0 fully saturated rings. The van der Waals surface area contributed by atoms with E-state index in [1.165, 1.54) is 4.79 Å². The van der Waals surface area contributed by atoms with Crippen molar-refractivity contribution in [3.63, 3.8) is 0 Å². The molecule has 10 heteroatoms. The summed E-state index contributed by atoms with van der Waals surface area (Å²) in [5.41, 5.74) is 10.6. The highest BCUT2D eigenvalue weighted by molar-refractivity contribution is 6.05. The van der Waals surface area contributed by atoms with Gasteiger partial charge in [0.25, 0.3) is 0 Å². The number of ketones is 2. The Morgan fingerprint density at radius 3 is 2.79 bits per heavy atom. The van der Waals surface area contributed by atoms with Crippen LogP contribution in [0.1, 0.15) is 29.6 Å². The van der Waals surface area contributed by atoms with Gasteiger partial charge in [-0.1, -0.05) is 30.4 Å². The Labute approximate surface area is 166 Å². The molecule has 4 N–H and O–H groups in total. The fourth-order valence-corrected chi connectivity index (χ4v) is 3.21. The highest BCUT2D eigenvalue weighted by atomic mass is 16.2. The topological polar surface area (TPSA) is 130 Å². The lowest BCUT2D eigenvalue weighted by atomic mass is 9.95. The Bertz CT molecular complexity index is 1040. The van der Waals surface area contributed by atoms with E-state index in [4.69, 9.17) is 0 Å². The number of carbonyl (C=O) groups is 3. The van der Waals surface area contributed by atoms with E-state index in [-0.39, 0.29) is 31.0 Å². The molecular formula is C19H19N7O3. The van der Waals surface area contributed by atoms with Crippen LogP contribution < -0.4 is 21.8 Å². The molecule has 2 heterocycles. The SMILES string of the molecule is O=C1NCCC(=O)C2=CCC=C2CC(=O)c2cccc(c2)-c2cn(nn2)NNN1. The van der Waals surface area contributed by atoms with E-state index < -0.39 is 6.03 Å². The number of amides is 2. The smallest absolute Gasteiger partial charge is 0.330 e. The van der Waals surface area contributed by atoms with Crippen molar-refractivity contribution < 1.29 is 14.4 Å². The lowest BCUT2D eigenvalue weighted by Gasteiger charge is -2.11. The largest absolute Gasteiger partial charge is 0.337 e. The molecule has 0 radical (unpaired) electrons. The lowest BCUT2D eigenvalue weighted by Crippen LogP contribution is -2.49. The number of aromatic nitrogens is 3. The number of Topliss-reactive ketones (excluding diaryl/α,β-unsaturated/α-hetero) is 2. The molecule has 4 bridgehead atoms. The molecule has 4 rings (SSSR count). The first-order chi connectivity index (χ1) is 14.1. The van der Waals surface area contributed by atoms with Gasteiger partial charge in [0.15, 0.2) is 11.6 Å². The molecule has 1 aliphatic heterocycles. The summed E-state index contributed by atoms with van der Waals surface area (Å²) in [7, 11) is 0. The van der Waals surface area contributed by atoms with Gasteiger partial charge in [-0.3, -0.25) is 15.0 Å². The number of nitrogens with zero attached hydrogens (tertiary/aromatic N) is 3. The quantitative estimate of drug-likeness (QED) is 0.525. The molecular weight excluding hydrogens is 374 g/mol. The minimum atomic E-state index is -0.509. The van der Waals surface area contributed by atoms with Gasteiger partial charge < -0.3 is 5.32 Å². The van der Waals surface area contributed by atoms with Gasteiger partial charge in [0.1, 0.15) is 5.69 Å². The van der Waals surface area contributed by atoms with Crippen molar-refractivity contribution in [1.82, 2.24) is 31.4 Å². The van der Waals surface area contributed by atoms with Crippen molar-refractivity contribution in [3.05, 3.63) is 59.3 Å². The van der Waals surface area contributed by atoms with Gasteiger partial charge in [0.05, 0.1) is 6.20 Å². The van der Waals surface area contributed by atoms with Gasteiger partial charge >= 0.3 is 6.03 Å². The summed E-state index contributed by atoms with van der Waals surface area (Å²) in [6.45, 7) is 0.167. The summed E-state index contributed by atoms with van der Waals surface area (Å²) >= 11 is 0. The van der Waals surface area contributed by atoms with Crippen LogP contribution in [0, 0.1) is 0 Å². The van der Waals surface area contributed by atoms with E-state index in [0.717, 1.165) is 11.1 Å². The fourth-order valence-electron chi connectivity index (χ4n) is 3.21. The zero-order valence-electron chi connectivity index (χ0n) is 15.4. The van der Waals surface area contributed by atoms with Crippen LogP contribution in [0.15, 0.2) is 53.8 Å². The number of benzene rings is 1. The summed E-state index contributed by atoms with van der Waals surface area (Å²) in [5.74, 6) is -0.181. The molecule has 29 heavy (non-hydrogen) atoms. The van der Waals surface area contributed by atoms with Crippen molar-refractivity contribution in [2.75, 3.05) is 12.1 Å². The third-order valence-electron chi connectivity index (χ3n) is 4.64. The first-order valence-corrected chi connectivity index (χ1v) is 9.14. The number of allylic oxidation sites excluding steroid dienone is 4. The first-order valence-electron chi connectivity index (χ1n) is 9.14. The second-order valence-corrected chi connectivity index (χ2v) is 6.60. The van der Waals surface area contributed by atoms with Gasteiger partial charge in [-0.25, -0.2) is 10.3 Å². The standard InChI is InChI=1S/C19H19N7O3/c27-17-7-8-20-19(29)22-23-25-26-11-16(21-24-26)13-4-1-5-14(9-13)18(28)10-12-3-2-6-15(12)17/h1,3-6,9,11,23,25H,2,7-8,10H2,(H2,20,22,29). The highest BCUT2D eigenvalue weighted by Crippen LogP contribution is 2.26. The Morgan fingerprint density at radius 2 is 1.90 bits per heavy atom. The summed E-state index contributed by atoms with van der Waals surface area (Å²) in [6, 6.07) is 6.59. The molecule has 0 spiro atoms. The normalized spacial score (nSPS) is 17.7. The van der Waals surface area contributed by atoms with Crippen LogP contribution >= 0.6 is 0 Å². The average Bonchev–Trinajstić information content (AvgIpc) is 3.37. The summed E-state index contributed by atoms with van der Waals surface area (Å²) in [6.07, 6.45) is 6.24. The van der Waals surface area contributed by atoms with E-state index in [1.54, 1.807) is 24.4 Å². The molecule has 148 valence electrons. The van der Waals surface area contributed by atoms with Crippen LogP contribution in [0.2, 0.25) is 0 Å². The number of hydrogen-bond acceptors (Lipinski definition) is 7. The van der Waals surface area contributed by atoms with Crippen molar-refractivity contribution in [1.29, 1.82) is 0 Å². The first kappa shape index (κ1) is 18.6. The van der Waals surface area contributed by atoms with Gasteiger partial charge in [0.2, 0.25) is 0 Å². The van der Waals surface area contributed by atoms with Crippen LogP contribution in [0.3, 0.4) is 0 Å². The third kappa shape index (κ3) is 4.22. The van der Waals surface area contributed by atoms with Crippen LogP contribution in [-0.4, -0.2) is 39.2 Å². The van der Waals surface area contributed by atoms with Crippen LogP contribution in [0.4, 0.5) is 4.79 Å². The van der Waals surface area contributed by atoms with E-state index in [2.05, 4.69) is 32.1 Å². The van der Waals surface area contributed by atoms with Gasteiger partial charge in [0, 0.05) is 36.1 Å². The highest BCUT2D eigenvalue weighted by Gasteiger charge is 2.21. The molecule has 2 aliphatic rings. The molecule has 2 aromatic rings. The molecule has 0 saturated carbocycles. The minimum absolute atomic E-state index is 0.0792. The van der Waals surface area contributed by atoms with Crippen LogP contribution in [0.5, 0.6) is 0 Å². The average molecular weight is 393 g/mol. The zero-order valence-corrected chi connectivity index (χ0v) is 15.4. The predicted molar refractivity (Wildman–Crippen MR) is 104 cm³/mol. The van der Waals surface area contributed by atoms with E-state index in [1.807, 2.05) is 18.2 Å². The molecule has 2 amide bonds. The molecule has 10 nitrogen and oxygen atoms in total. The third-order valence-corrected chi connectivity index (χ3v) is 4.64. The van der Waals surface area contributed by atoms with Crippen molar-refractivity contribution in [2.24, 2.45) is 0 Å². The van der Waals surface area contributed by atoms with E-state index in [0.29, 0.717) is 23.3 Å². The van der Waals surface area contributed by atoms with Crippen LogP contribution in [-0.2, 0) is 4.79 Å². The number of hydrazine groups is 2. The van der Waals surface area contributed by atoms with Crippen molar-refractivity contribution in [3.8, 4) is 11.3 Å². The molecule has 1 aromatic carbocycles. The Hall–Kier alpha value is -3.79. The monoisotopic (exact) mass is 393 g/mol. The Kier molecular flexibility index (Phi) is 5.16. The summed E-state index contributed by atoms with van der Waals surface area (Å²) in [4.78, 5) is 38.4. The summed E-state index contributed by atoms with van der Waals surface area (Å²) < 4.78 is 0. The van der Waals surface area contributed by atoms with Crippen molar-refractivity contribution >= 4 is 17.6 Å². The summed E-state index contributed by atoms with van der Waals surface area (Å²) in [5, 5.41) is 10.5. The maximum Gasteiger partial charge on any atom is 0.330 e. The number of rotatable bonds is 0. The number of nitrogens with one attached hydrogen (secondary N) is 4. The zero-order chi connectivity index (χ0) is 20.2. The lowest BCUT2D eigenvalue weighted by molar-refractivity contribution is -0.115. The minimum Gasteiger partial charge on any atom is -0.337 e. The maximum atomic E-state index is 12.8. The molecule has 1 aliphatic carbocycles. The number of hydrogen-bond donors (Lipinski definition) is 4. The molecule has 0 unspecified atom stereocenters. The second-order valence-electron chi connectivity index (χ2n) is 6.60. The Morgan fingerprint density at radius 1 is 1.03 bits per heavy atom.